The van der Waals surface area contributed by atoms with Crippen LogP contribution in [0.4, 0.5) is 0 Å². The van der Waals surface area contributed by atoms with E-state index in [0.717, 1.165) is 25.9 Å². The van der Waals surface area contributed by atoms with Gasteiger partial charge in [0.25, 0.3) is 0 Å². The van der Waals surface area contributed by atoms with E-state index in [1.54, 1.807) is 6.92 Å². The molecule has 0 amide bonds. The van der Waals surface area contributed by atoms with Crippen molar-refractivity contribution in [1.29, 1.82) is 0 Å². The van der Waals surface area contributed by atoms with E-state index in [9.17, 15) is 0 Å². The van der Waals surface area contributed by atoms with Crippen molar-refractivity contribution in [3.63, 3.8) is 0 Å². The Morgan fingerprint density at radius 3 is 1.46 bits per heavy atom. The van der Waals surface area contributed by atoms with Gasteiger partial charge in [-0.15, -0.1) is 13.1 Å². The Labute approximate surface area is 106 Å². The van der Waals surface area contributed by atoms with E-state index in [0.29, 0.717) is 0 Å². The van der Waals surface area contributed by atoms with Crippen LogP contribution >= 0.6 is 0 Å². The van der Waals surface area contributed by atoms with Crippen molar-refractivity contribution in [2.45, 2.75) is 19.8 Å². The standard InChI is InChI=1S/C6H14NO2.C2H6O.Y/c8-5-1-3-7-4-2-6-9;1-2-3;/h8-9H,1-6H2;3H,2H2,1H3;/q-1;;. The molecule has 0 aliphatic rings. The minimum absolute atomic E-state index is 0. The zero-order valence-corrected chi connectivity index (χ0v) is 11.2. The number of aliphatic hydroxyl groups excluding tert-OH is 3. The van der Waals surface area contributed by atoms with Gasteiger partial charge in [0.1, 0.15) is 0 Å². The molecule has 0 saturated heterocycles. The minimum Gasteiger partial charge on any atom is -0.662 e. The van der Waals surface area contributed by atoms with Gasteiger partial charge in [0.2, 0.25) is 0 Å². The van der Waals surface area contributed by atoms with Gasteiger partial charge in [-0.1, -0.05) is 0 Å². The van der Waals surface area contributed by atoms with Crippen molar-refractivity contribution < 1.29 is 48.0 Å². The molecule has 0 aliphatic carbocycles. The average molecular weight is 267 g/mol. The van der Waals surface area contributed by atoms with Crippen LogP contribution in [-0.2, 0) is 32.7 Å². The van der Waals surface area contributed by atoms with E-state index in [1.807, 2.05) is 0 Å². The fourth-order valence-electron chi connectivity index (χ4n) is 0.477. The Morgan fingerprint density at radius 2 is 1.23 bits per heavy atom. The molecule has 5 heteroatoms. The van der Waals surface area contributed by atoms with Crippen molar-refractivity contribution >= 4 is 0 Å². The Hall–Kier alpha value is 0.944. The van der Waals surface area contributed by atoms with Crippen LogP contribution in [0.25, 0.3) is 5.32 Å². The first-order valence-corrected chi connectivity index (χ1v) is 4.29. The number of rotatable bonds is 6. The zero-order chi connectivity index (χ0) is 9.66. The third kappa shape index (κ3) is 32.2. The number of hydrogen-bond donors (Lipinski definition) is 3. The van der Waals surface area contributed by atoms with Crippen molar-refractivity contribution in [2.24, 2.45) is 0 Å². The summed E-state index contributed by atoms with van der Waals surface area (Å²) in [7, 11) is 0. The summed E-state index contributed by atoms with van der Waals surface area (Å²) >= 11 is 0. The number of hydrogen-bond acceptors (Lipinski definition) is 3. The van der Waals surface area contributed by atoms with Crippen molar-refractivity contribution in [1.82, 2.24) is 0 Å². The second-order valence-corrected chi connectivity index (χ2v) is 2.14. The summed E-state index contributed by atoms with van der Waals surface area (Å²) in [5.74, 6) is 0. The van der Waals surface area contributed by atoms with Gasteiger partial charge in [0, 0.05) is 52.5 Å². The molecular formula is C8H20NO3Y-. The van der Waals surface area contributed by atoms with Gasteiger partial charge < -0.3 is 20.6 Å². The summed E-state index contributed by atoms with van der Waals surface area (Å²) in [6.45, 7) is 3.79. The van der Waals surface area contributed by atoms with Crippen LogP contribution in [0, 0.1) is 0 Å². The molecule has 0 aromatic heterocycles. The molecule has 4 nitrogen and oxygen atoms in total. The normalized spacial score (nSPS) is 8.31. The average Bonchev–Trinajstić information content (AvgIpc) is 2.06. The van der Waals surface area contributed by atoms with Gasteiger partial charge in [-0.05, 0) is 19.8 Å². The van der Waals surface area contributed by atoms with Crippen LogP contribution in [-0.4, -0.2) is 48.2 Å². The monoisotopic (exact) mass is 267 g/mol. The molecule has 0 fully saturated rings. The predicted octanol–water partition coefficient (Wildman–Crippen LogP) is 0.121. The summed E-state index contributed by atoms with van der Waals surface area (Å²) in [6.07, 6.45) is 1.48. The molecule has 0 aromatic carbocycles. The SMILES string of the molecule is CCO.OCCC[N-]CCCO.[Y]. The van der Waals surface area contributed by atoms with Crippen molar-refractivity contribution in [3.8, 4) is 0 Å². The first-order chi connectivity index (χ1) is 5.83. The summed E-state index contributed by atoms with van der Waals surface area (Å²) in [5.41, 5.74) is 0. The molecule has 0 atom stereocenters. The summed E-state index contributed by atoms with van der Waals surface area (Å²) in [6, 6.07) is 0. The molecule has 0 aromatic rings. The third-order valence-electron chi connectivity index (χ3n) is 0.949. The van der Waals surface area contributed by atoms with Crippen LogP contribution in [0.2, 0.25) is 0 Å². The van der Waals surface area contributed by atoms with E-state index >= 15 is 0 Å². The Kier molecular flexibility index (Phi) is 34.6. The largest absolute Gasteiger partial charge is 0.662 e. The Bertz CT molecular complexity index is 61.4. The molecule has 0 aliphatic heterocycles. The maximum absolute atomic E-state index is 8.31. The maximum Gasteiger partial charge on any atom is 0.0414 e. The second-order valence-electron chi connectivity index (χ2n) is 2.14. The molecule has 0 heterocycles. The van der Waals surface area contributed by atoms with Gasteiger partial charge in [-0.2, -0.15) is 0 Å². The molecule has 0 bridgehead atoms. The van der Waals surface area contributed by atoms with E-state index in [2.05, 4.69) is 5.32 Å². The minimum atomic E-state index is 0. The number of aliphatic hydroxyl groups is 3. The van der Waals surface area contributed by atoms with Crippen LogP contribution in [0.3, 0.4) is 0 Å². The van der Waals surface area contributed by atoms with Gasteiger partial charge in [0.15, 0.2) is 0 Å². The predicted molar refractivity (Wildman–Crippen MR) is 49.3 cm³/mol. The maximum atomic E-state index is 8.31. The zero-order valence-electron chi connectivity index (χ0n) is 8.32. The Balaban J connectivity index is -0.000000220. The first-order valence-electron chi connectivity index (χ1n) is 4.29. The molecule has 3 N–H and O–H groups in total. The van der Waals surface area contributed by atoms with Gasteiger partial charge >= 0.3 is 0 Å². The first kappa shape index (κ1) is 19.5. The quantitative estimate of drug-likeness (QED) is 0.598. The van der Waals surface area contributed by atoms with E-state index in [4.69, 9.17) is 15.3 Å². The van der Waals surface area contributed by atoms with E-state index in [-0.39, 0.29) is 52.5 Å². The summed E-state index contributed by atoms with van der Waals surface area (Å²) in [4.78, 5) is 0. The van der Waals surface area contributed by atoms with Crippen LogP contribution < -0.4 is 0 Å². The van der Waals surface area contributed by atoms with Crippen LogP contribution in [0.1, 0.15) is 19.8 Å². The molecule has 0 spiro atoms. The molecule has 13 heavy (non-hydrogen) atoms. The van der Waals surface area contributed by atoms with Gasteiger partial charge in [-0.3, -0.25) is 0 Å². The fraction of sp³-hybridized carbons (Fsp3) is 1.00. The van der Waals surface area contributed by atoms with Crippen molar-refractivity contribution in [3.05, 3.63) is 5.32 Å². The summed E-state index contributed by atoms with van der Waals surface area (Å²) < 4.78 is 0. The van der Waals surface area contributed by atoms with Crippen LogP contribution in [0.5, 0.6) is 0 Å². The van der Waals surface area contributed by atoms with E-state index in [1.165, 1.54) is 0 Å². The molecule has 0 rings (SSSR count). The topological polar surface area (TPSA) is 74.8 Å². The smallest absolute Gasteiger partial charge is 0.0414 e. The fourth-order valence-corrected chi connectivity index (χ4v) is 0.477. The molecule has 0 unspecified atom stereocenters. The second kappa shape index (κ2) is 23.1. The number of nitrogens with zero attached hydrogens (tertiary/aromatic N) is 1. The Morgan fingerprint density at radius 1 is 0.923 bits per heavy atom. The third-order valence-corrected chi connectivity index (χ3v) is 0.949. The van der Waals surface area contributed by atoms with Gasteiger partial charge in [0.05, 0.1) is 0 Å². The molecular weight excluding hydrogens is 247 g/mol. The molecule has 1 radical (unpaired) electrons. The summed E-state index contributed by atoms with van der Waals surface area (Å²) in [5, 5.41) is 28.2. The van der Waals surface area contributed by atoms with E-state index < -0.39 is 0 Å². The van der Waals surface area contributed by atoms with Gasteiger partial charge in [-0.25, -0.2) is 0 Å². The van der Waals surface area contributed by atoms with Crippen LogP contribution in [0.15, 0.2) is 0 Å². The van der Waals surface area contributed by atoms with Crippen molar-refractivity contribution in [2.75, 3.05) is 32.9 Å². The molecule has 0 saturated carbocycles. The molecule has 79 valence electrons.